The fourth-order valence-corrected chi connectivity index (χ4v) is 1.01. The summed E-state index contributed by atoms with van der Waals surface area (Å²) in [6.07, 6.45) is 0.726. The van der Waals surface area contributed by atoms with Crippen molar-refractivity contribution < 1.29 is 64.6 Å². The van der Waals surface area contributed by atoms with Crippen LogP contribution in [0.25, 0.3) is 0 Å². The van der Waals surface area contributed by atoms with Crippen molar-refractivity contribution in [2.24, 2.45) is 0 Å². The van der Waals surface area contributed by atoms with Crippen LogP contribution < -0.4 is 51.4 Å². The molecule has 0 radical (unpaired) electrons. The van der Waals surface area contributed by atoms with Gasteiger partial charge in [0.1, 0.15) is 0 Å². The standard InChI is InChI=1S/C7H6F3N2.K/c8-7(9,10)12-4-6(3-11-12)5-1-2-5;/h1,3-5H,2H2;/q-1;+1/t5-;/m1./s1. The van der Waals surface area contributed by atoms with Gasteiger partial charge in [0.2, 0.25) is 0 Å². The minimum Gasteiger partial charge on any atom is -0.325 e. The SMILES string of the molecule is FC(F)(F)n1cc([C@@H]2[CH-]C2)cn1.[K+]. The Morgan fingerprint density at radius 3 is 2.54 bits per heavy atom. The van der Waals surface area contributed by atoms with Gasteiger partial charge in [-0.05, 0) is 5.56 Å². The van der Waals surface area contributed by atoms with Gasteiger partial charge in [-0.3, -0.25) is 0 Å². The summed E-state index contributed by atoms with van der Waals surface area (Å²) in [4.78, 5) is 0. The van der Waals surface area contributed by atoms with E-state index in [4.69, 9.17) is 0 Å². The second-order valence-electron chi connectivity index (χ2n) is 2.76. The second kappa shape index (κ2) is 4.02. The molecule has 0 amide bonds. The van der Waals surface area contributed by atoms with Gasteiger partial charge >= 0.3 is 57.7 Å². The third-order valence-corrected chi connectivity index (χ3v) is 1.76. The number of hydrogen-bond acceptors (Lipinski definition) is 1. The maximum absolute atomic E-state index is 12.0. The van der Waals surface area contributed by atoms with Crippen LogP contribution in [0.1, 0.15) is 17.9 Å². The first-order valence-corrected chi connectivity index (χ1v) is 3.52. The van der Waals surface area contributed by atoms with Crippen LogP contribution in [-0.2, 0) is 6.30 Å². The Hall–Kier alpha value is 0.636. The molecule has 1 aromatic heterocycles. The molecule has 1 heterocycles. The maximum Gasteiger partial charge on any atom is 1.00 e. The van der Waals surface area contributed by atoms with E-state index in [1.807, 2.05) is 6.42 Å². The van der Waals surface area contributed by atoms with E-state index >= 15 is 0 Å². The van der Waals surface area contributed by atoms with E-state index < -0.39 is 6.30 Å². The normalized spacial score (nSPS) is 21.0. The first kappa shape index (κ1) is 11.7. The van der Waals surface area contributed by atoms with Gasteiger partial charge < -0.3 is 6.42 Å². The first-order chi connectivity index (χ1) is 5.57. The Morgan fingerprint density at radius 1 is 1.54 bits per heavy atom. The zero-order valence-electron chi connectivity index (χ0n) is 7.04. The molecule has 0 bridgehead atoms. The minimum atomic E-state index is -4.38. The molecule has 1 aliphatic rings. The van der Waals surface area contributed by atoms with Crippen LogP contribution in [0.3, 0.4) is 0 Å². The summed E-state index contributed by atoms with van der Waals surface area (Å²) < 4.78 is 36.0. The number of hydrogen-bond donors (Lipinski definition) is 0. The van der Waals surface area contributed by atoms with Crippen LogP contribution in [0, 0.1) is 6.42 Å². The molecule has 2 rings (SSSR count). The molecule has 0 unspecified atom stereocenters. The Balaban J connectivity index is 0.000000845. The zero-order valence-corrected chi connectivity index (χ0v) is 10.2. The number of alkyl halides is 3. The maximum atomic E-state index is 12.0. The van der Waals surface area contributed by atoms with E-state index in [1.165, 1.54) is 6.20 Å². The molecule has 13 heavy (non-hydrogen) atoms. The van der Waals surface area contributed by atoms with Gasteiger partial charge in [0.15, 0.2) is 0 Å². The molecule has 0 N–H and O–H groups in total. The molecule has 1 fully saturated rings. The van der Waals surface area contributed by atoms with E-state index in [0.29, 0.717) is 5.56 Å². The van der Waals surface area contributed by atoms with Gasteiger partial charge in [0.05, 0.1) is 6.20 Å². The molecule has 6 heteroatoms. The number of rotatable bonds is 1. The van der Waals surface area contributed by atoms with Crippen LogP contribution in [0.4, 0.5) is 13.2 Å². The summed E-state index contributed by atoms with van der Waals surface area (Å²) in [7, 11) is 0. The average Bonchev–Trinajstić information content (AvgIpc) is 2.66. The van der Waals surface area contributed by atoms with E-state index in [1.54, 1.807) is 0 Å². The summed E-state index contributed by atoms with van der Waals surface area (Å²) >= 11 is 0. The summed E-state index contributed by atoms with van der Waals surface area (Å²) in [5.74, 6) is 0.195. The van der Waals surface area contributed by atoms with Crippen molar-refractivity contribution in [3.8, 4) is 0 Å². The monoisotopic (exact) mass is 214 g/mol. The summed E-state index contributed by atoms with van der Waals surface area (Å²) in [5, 5.41) is 3.22. The zero-order chi connectivity index (χ0) is 8.77. The van der Waals surface area contributed by atoms with Crippen molar-refractivity contribution in [1.29, 1.82) is 0 Å². The van der Waals surface area contributed by atoms with Crippen LogP contribution in [0.2, 0.25) is 0 Å². The van der Waals surface area contributed by atoms with Crippen LogP contribution in [-0.4, -0.2) is 9.78 Å². The van der Waals surface area contributed by atoms with Gasteiger partial charge in [0.25, 0.3) is 0 Å². The fraction of sp³-hybridized carbons (Fsp3) is 0.429. The van der Waals surface area contributed by atoms with Crippen molar-refractivity contribution in [2.45, 2.75) is 18.6 Å². The molecule has 1 aromatic rings. The Bertz CT molecular complexity index is 290. The Kier molecular flexibility index (Phi) is 3.62. The van der Waals surface area contributed by atoms with E-state index in [2.05, 4.69) is 5.10 Å². The third kappa shape index (κ3) is 2.79. The summed E-state index contributed by atoms with van der Waals surface area (Å²) in [6, 6.07) is 0. The molecule has 66 valence electrons. The molecule has 1 aliphatic carbocycles. The van der Waals surface area contributed by atoms with Gasteiger partial charge in [-0.25, -0.2) is 0 Å². The smallest absolute Gasteiger partial charge is 0.325 e. The van der Waals surface area contributed by atoms with E-state index in [0.717, 1.165) is 12.6 Å². The van der Waals surface area contributed by atoms with Gasteiger partial charge in [0, 0.05) is 6.20 Å². The number of nitrogens with zero attached hydrogens (tertiary/aromatic N) is 2. The number of halogens is 3. The van der Waals surface area contributed by atoms with Crippen molar-refractivity contribution in [3.63, 3.8) is 0 Å². The molecule has 0 aliphatic heterocycles. The summed E-state index contributed by atoms with van der Waals surface area (Å²) in [5.41, 5.74) is 0.646. The van der Waals surface area contributed by atoms with Crippen molar-refractivity contribution in [2.75, 3.05) is 0 Å². The Morgan fingerprint density at radius 2 is 2.15 bits per heavy atom. The minimum absolute atomic E-state index is 0. The largest absolute Gasteiger partial charge is 1.00 e. The topological polar surface area (TPSA) is 17.8 Å². The van der Waals surface area contributed by atoms with Crippen LogP contribution in [0.5, 0.6) is 0 Å². The van der Waals surface area contributed by atoms with Crippen LogP contribution >= 0.6 is 0 Å². The second-order valence-corrected chi connectivity index (χ2v) is 2.76. The molecular weight excluding hydrogens is 208 g/mol. The van der Waals surface area contributed by atoms with Gasteiger partial charge in [-0.15, -0.1) is 13.2 Å². The molecule has 1 atom stereocenters. The molecule has 0 saturated heterocycles. The molecule has 0 spiro atoms. The van der Waals surface area contributed by atoms with Gasteiger partial charge in [-0.2, -0.15) is 22.1 Å². The first-order valence-electron chi connectivity index (χ1n) is 3.52. The average molecular weight is 214 g/mol. The fourth-order valence-electron chi connectivity index (χ4n) is 1.01. The predicted octanol–water partition coefficient (Wildman–Crippen LogP) is -0.945. The summed E-state index contributed by atoms with van der Waals surface area (Å²) in [6.45, 7) is 0. The third-order valence-electron chi connectivity index (χ3n) is 1.76. The molecule has 2 nitrogen and oxygen atoms in total. The van der Waals surface area contributed by atoms with E-state index in [-0.39, 0.29) is 62.0 Å². The Labute approximate surface area is 116 Å². The van der Waals surface area contributed by atoms with Crippen molar-refractivity contribution in [1.82, 2.24) is 9.78 Å². The number of aromatic nitrogens is 2. The van der Waals surface area contributed by atoms with Crippen molar-refractivity contribution in [3.05, 3.63) is 24.4 Å². The molecular formula is C7H6F3KN2. The van der Waals surface area contributed by atoms with Crippen LogP contribution in [0.15, 0.2) is 12.4 Å². The molecule has 1 saturated carbocycles. The van der Waals surface area contributed by atoms with Gasteiger partial charge in [-0.1, -0.05) is 0 Å². The van der Waals surface area contributed by atoms with Crippen molar-refractivity contribution >= 4 is 0 Å². The van der Waals surface area contributed by atoms with E-state index in [9.17, 15) is 13.2 Å². The predicted molar refractivity (Wildman–Crippen MR) is 35.2 cm³/mol. The molecule has 0 aromatic carbocycles. The quantitative estimate of drug-likeness (QED) is 0.435.